The predicted molar refractivity (Wildman–Crippen MR) is 99.4 cm³/mol. The van der Waals surface area contributed by atoms with Gasteiger partial charge in [0.25, 0.3) is 11.6 Å². The van der Waals surface area contributed by atoms with E-state index < -0.39 is 10.9 Å². The Morgan fingerprint density at radius 3 is 2.58 bits per heavy atom. The van der Waals surface area contributed by atoms with Crippen LogP contribution in [0.15, 0.2) is 23.1 Å². The van der Waals surface area contributed by atoms with Crippen LogP contribution < -0.4 is 0 Å². The van der Waals surface area contributed by atoms with Gasteiger partial charge in [-0.15, -0.1) is 11.8 Å². The fourth-order valence-electron chi connectivity index (χ4n) is 3.28. The van der Waals surface area contributed by atoms with Crippen LogP contribution in [0, 0.1) is 10.1 Å². The lowest BCUT2D eigenvalue weighted by molar-refractivity contribution is -0.387. The molecule has 0 spiro atoms. The van der Waals surface area contributed by atoms with E-state index in [9.17, 15) is 19.7 Å². The molecule has 0 radical (unpaired) electrons. The molecule has 1 aliphatic carbocycles. The van der Waals surface area contributed by atoms with Gasteiger partial charge in [0, 0.05) is 18.7 Å². The summed E-state index contributed by atoms with van der Waals surface area (Å²) < 4.78 is 5.11. The van der Waals surface area contributed by atoms with E-state index in [-0.39, 0.29) is 29.8 Å². The summed E-state index contributed by atoms with van der Waals surface area (Å²) in [5, 5.41) is 11.1. The van der Waals surface area contributed by atoms with Gasteiger partial charge in [-0.3, -0.25) is 14.9 Å². The summed E-state index contributed by atoms with van der Waals surface area (Å²) >= 11 is 1.23. The van der Waals surface area contributed by atoms with Crippen LogP contribution in [0.4, 0.5) is 5.69 Å². The van der Waals surface area contributed by atoms with Crippen LogP contribution >= 0.6 is 11.8 Å². The van der Waals surface area contributed by atoms with Gasteiger partial charge >= 0.3 is 5.97 Å². The molecule has 0 saturated heterocycles. The Bertz CT molecular complexity index is 674. The lowest BCUT2D eigenvalue weighted by Crippen LogP contribution is -2.43. The van der Waals surface area contributed by atoms with E-state index in [2.05, 4.69) is 0 Å². The highest BCUT2D eigenvalue weighted by Gasteiger charge is 2.25. The minimum Gasteiger partial charge on any atom is -0.452 e. The predicted octanol–water partition coefficient (Wildman–Crippen LogP) is 3.65. The number of nitrogens with zero attached hydrogens (tertiary/aromatic N) is 2. The maximum absolute atomic E-state index is 12.4. The molecule has 1 amide bonds. The van der Waals surface area contributed by atoms with E-state index >= 15 is 0 Å². The largest absolute Gasteiger partial charge is 0.452 e. The summed E-state index contributed by atoms with van der Waals surface area (Å²) in [5.41, 5.74) is -0.0707. The van der Waals surface area contributed by atoms with Crippen LogP contribution in [-0.4, -0.2) is 47.1 Å². The van der Waals surface area contributed by atoms with Crippen molar-refractivity contribution in [3.05, 3.63) is 33.9 Å². The number of amides is 1. The standard InChI is InChI=1S/C18H24N2O5S/c1-3-19(14-7-5-4-6-8-14)17(21)12-25-18(22)13-9-10-16(26-2)15(11-13)20(23)24/h9-11,14H,3-8,12H2,1-2H3. The number of thioether (sulfide) groups is 1. The fourth-order valence-corrected chi connectivity index (χ4v) is 3.83. The van der Waals surface area contributed by atoms with Crippen LogP contribution in [0.3, 0.4) is 0 Å². The van der Waals surface area contributed by atoms with Crippen LogP contribution in [0.5, 0.6) is 0 Å². The summed E-state index contributed by atoms with van der Waals surface area (Å²) in [6.45, 7) is 2.15. The molecule has 8 heteroatoms. The quantitative estimate of drug-likeness (QED) is 0.310. The van der Waals surface area contributed by atoms with Gasteiger partial charge in [-0.25, -0.2) is 4.79 Å². The Morgan fingerprint density at radius 2 is 2.00 bits per heavy atom. The molecular weight excluding hydrogens is 356 g/mol. The van der Waals surface area contributed by atoms with E-state index in [0.29, 0.717) is 11.4 Å². The number of ether oxygens (including phenoxy) is 1. The SMILES string of the molecule is CCN(C(=O)COC(=O)c1ccc(SC)c([N+](=O)[O-])c1)C1CCCCC1. The number of rotatable bonds is 7. The zero-order chi connectivity index (χ0) is 19.1. The van der Waals surface area contributed by atoms with Crippen molar-refractivity contribution in [2.45, 2.75) is 50.0 Å². The fraction of sp³-hybridized carbons (Fsp3) is 0.556. The van der Waals surface area contributed by atoms with Crippen molar-refractivity contribution in [3.8, 4) is 0 Å². The molecule has 142 valence electrons. The molecule has 0 heterocycles. The van der Waals surface area contributed by atoms with Gasteiger partial charge in [-0.1, -0.05) is 19.3 Å². The van der Waals surface area contributed by atoms with Gasteiger partial charge < -0.3 is 9.64 Å². The second kappa shape index (κ2) is 9.56. The highest BCUT2D eigenvalue weighted by Crippen LogP contribution is 2.28. The zero-order valence-corrected chi connectivity index (χ0v) is 15.9. The number of esters is 1. The first-order valence-electron chi connectivity index (χ1n) is 8.77. The average Bonchev–Trinajstić information content (AvgIpc) is 2.66. The molecule has 0 aliphatic heterocycles. The highest BCUT2D eigenvalue weighted by atomic mass is 32.2. The molecule has 7 nitrogen and oxygen atoms in total. The lowest BCUT2D eigenvalue weighted by Gasteiger charge is -2.33. The zero-order valence-electron chi connectivity index (χ0n) is 15.1. The topological polar surface area (TPSA) is 89.8 Å². The van der Waals surface area contributed by atoms with Gasteiger partial charge in [0.15, 0.2) is 6.61 Å². The maximum Gasteiger partial charge on any atom is 0.338 e. The number of likely N-dealkylation sites (N-methyl/N-ethyl adjacent to an activating group) is 1. The number of carbonyl (C=O) groups excluding carboxylic acids is 2. The first kappa shape index (κ1) is 20.2. The van der Waals surface area contributed by atoms with Crippen LogP contribution in [0.2, 0.25) is 0 Å². The Morgan fingerprint density at radius 1 is 1.31 bits per heavy atom. The van der Waals surface area contributed by atoms with Gasteiger partial charge in [-0.2, -0.15) is 0 Å². The van der Waals surface area contributed by atoms with Crippen molar-refractivity contribution in [1.82, 2.24) is 4.90 Å². The molecule has 0 unspecified atom stereocenters. The smallest absolute Gasteiger partial charge is 0.338 e. The molecule has 1 aromatic rings. The normalized spacial score (nSPS) is 14.7. The number of hydrogen-bond donors (Lipinski definition) is 0. The van der Waals surface area contributed by atoms with Gasteiger partial charge in [0.2, 0.25) is 0 Å². The molecule has 1 saturated carbocycles. The summed E-state index contributed by atoms with van der Waals surface area (Å²) in [5.74, 6) is -0.947. The molecule has 1 fully saturated rings. The first-order valence-corrected chi connectivity index (χ1v) is 9.99. The third-order valence-corrected chi connectivity index (χ3v) is 5.40. The average molecular weight is 380 g/mol. The number of nitro benzene ring substituents is 1. The highest BCUT2D eigenvalue weighted by molar-refractivity contribution is 7.98. The van der Waals surface area contributed by atoms with Crippen molar-refractivity contribution in [2.24, 2.45) is 0 Å². The van der Waals surface area contributed by atoms with Crippen LogP contribution in [-0.2, 0) is 9.53 Å². The second-order valence-electron chi connectivity index (χ2n) is 6.19. The van der Waals surface area contributed by atoms with E-state index in [4.69, 9.17) is 4.74 Å². The van der Waals surface area contributed by atoms with E-state index in [1.165, 1.54) is 36.4 Å². The van der Waals surface area contributed by atoms with Gasteiger partial charge in [-0.05, 0) is 38.2 Å². The number of carbonyl (C=O) groups is 2. The molecule has 1 aliphatic rings. The second-order valence-corrected chi connectivity index (χ2v) is 7.04. The van der Waals surface area contributed by atoms with Gasteiger partial charge in [0.05, 0.1) is 15.4 Å². The molecule has 0 aromatic heterocycles. The number of benzene rings is 1. The monoisotopic (exact) mass is 380 g/mol. The van der Waals surface area contributed by atoms with E-state index in [1.807, 2.05) is 6.92 Å². The first-order chi connectivity index (χ1) is 12.5. The molecule has 1 aromatic carbocycles. The summed E-state index contributed by atoms with van der Waals surface area (Å²) in [6.07, 6.45) is 7.11. The third-order valence-electron chi connectivity index (χ3n) is 4.61. The Kier molecular flexibility index (Phi) is 7.44. The maximum atomic E-state index is 12.4. The summed E-state index contributed by atoms with van der Waals surface area (Å²) in [7, 11) is 0. The molecule has 0 N–H and O–H groups in total. The molecule has 0 atom stereocenters. The minimum atomic E-state index is -0.728. The van der Waals surface area contributed by atoms with Crippen molar-refractivity contribution in [1.29, 1.82) is 0 Å². The lowest BCUT2D eigenvalue weighted by atomic mass is 9.94. The van der Waals surface area contributed by atoms with Crippen LogP contribution in [0.1, 0.15) is 49.4 Å². The molecule has 0 bridgehead atoms. The Hall–Kier alpha value is -2.09. The Balaban J connectivity index is 1.99. The van der Waals surface area contributed by atoms with Crippen molar-refractivity contribution >= 4 is 29.3 Å². The van der Waals surface area contributed by atoms with Crippen molar-refractivity contribution in [2.75, 3.05) is 19.4 Å². The van der Waals surface area contributed by atoms with E-state index in [0.717, 1.165) is 25.7 Å². The van der Waals surface area contributed by atoms with Crippen LogP contribution in [0.25, 0.3) is 0 Å². The minimum absolute atomic E-state index is 0.0722. The number of hydrogen-bond acceptors (Lipinski definition) is 6. The molecular formula is C18H24N2O5S. The summed E-state index contributed by atoms with van der Waals surface area (Å²) in [4.78, 5) is 37.4. The summed E-state index contributed by atoms with van der Waals surface area (Å²) in [6, 6.07) is 4.39. The van der Waals surface area contributed by atoms with Gasteiger partial charge in [0.1, 0.15) is 0 Å². The molecule has 2 rings (SSSR count). The Labute approximate surface area is 157 Å². The van der Waals surface area contributed by atoms with Crippen molar-refractivity contribution < 1.29 is 19.2 Å². The third kappa shape index (κ3) is 4.97. The van der Waals surface area contributed by atoms with Crippen molar-refractivity contribution in [3.63, 3.8) is 0 Å². The molecule has 26 heavy (non-hydrogen) atoms. The number of nitro groups is 1. The van der Waals surface area contributed by atoms with E-state index in [1.54, 1.807) is 11.2 Å².